The summed E-state index contributed by atoms with van der Waals surface area (Å²) in [5.41, 5.74) is 0. The molecule has 8 atom stereocenters. The summed E-state index contributed by atoms with van der Waals surface area (Å²) in [6.45, 7) is -2.02. The third-order valence-electron chi connectivity index (χ3n) is 3.95. The first kappa shape index (κ1) is 17.9. The van der Waals surface area contributed by atoms with Crippen LogP contribution in [0.4, 0.5) is 0 Å². The highest BCUT2D eigenvalue weighted by atomic mass is 16.8. The van der Waals surface area contributed by atoms with E-state index in [0.29, 0.717) is 0 Å². The molecule has 2 rings (SSSR count). The zero-order chi connectivity index (χ0) is 16.5. The third-order valence-corrected chi connectivity index (χ3v) is 3.95. The van der Waals surface area contributed by atoms with Crippen LogP contribution >= 0.6 is 0 Å². The molecule has 130 valence electrons. The zero-order valence-corrected chi connectivity index (χ0v) is 11.7. The second kappa shape index (κ2) is 7.01. The van der Waals surface area contributed by atoms with E-state index >= 15 is 0 Å². The lowest BCUT2D eigenvalue weighted by molar-refractivity contribution is -0.362. The molecule has 0 radical (unpaired) electrons. The molecule has 0 aliphatic carbocycles. The topological polar surface area (TPSA) is 169 Å². The Kier molecular flexibility index (Phi) is 5.72. The minimum atomic E-state index is -2.04. The van der Waals surface area contributed by atoms with E-state index in [1.165, 1.54) is 0 Å². The number of aliphatic hydroxyl groups is 7. The predicted molar refractivity (Wildman–Crippen MR) is 67.3 cm³/mol. The van der Waals surface area contributed by atoms with Gasteiger partial charge in [-0.15, -0.1) is 0 Å². The molecule has 0 aromatic carbocycles. The third kappa shape index (κ3) is 3.12. The van der Waals surface area contributed by atoms with Crippen molar-refractivity contribution in [2.75, 3.05) is 19.8 Å². The summed E-state index contributed by atoms with van der Waals surface area (Å²) in [5.74, 6) is -2.04. The van der Waals surface area contributed by atoms with Crippen LogP contribution in [0.1, 0.15) is 6.42 Å². The van der Waals surface area contributed by atoms with Gasteiger partial charge in [0.2, 0.25) is 5.79 Å². The van der Waals surface area contributed by atoms with E-state index in [4.69, 9.17) is 24.4 Å². The number of hydrogen-bond acceptors (Lipinski definition) is 10. The minimum Gasteiger partial charge on any atom is -0.394 e. The summed E-state index contributed by atoms with van der Waals surface area (Å²) in [5, 5.41) is 66.7. The van der Waals surface area contributed by atoms with Gasteiger partial charge in [-0.2, -0.15) is 0 Å². The number of hydrogen-bond donors (Lipinski definition) is 7. The molecule has 0 spiro atoms. The van der Waals surface area contributed by atoms with Crippen LogP contribution in [0.15, 0.2) is 0 Å². The van der Waals surface area contributed by atoms with E-state index in [0.717, 1.165) is 0 Å². The van der Waals surface area contributed by atoms with E-state index in [2.05, 4.69) is 0 Å². The van der Waals surface area contributed by atoms with Crippen LogP contribution < -0.4 is 0 Å². The molecule has 0 saturated carbocycles. The molecule has 0 bridgehead atoms. The second-order valence-corrected chi connectivity index (χ2v) is 5.44. The van der Waals surface area contributed by atoms with E-state index in [9.17, 15) is 25.5 Å². The van der Waals surface area contributed by atoms with Crippen LogP contribution in [0.5, 0.6) is 0 Å². The highest BCUT2D eigenvalue weighted by Gasteiger charge is 2.57. The molecule has 10 nitrogen and oxygen atoms in total. The molecule has 2 saturated heterocycles. The smallest absolute Gasteiger partial charge is 0.223 e. The minimum absolute atomic E-state index is 0.199. The van der Waals surface area contributed by atoms with E-state index < -0.39 is 68.5 Å². The van der Waals surface area contributed by atoms with E-state index in [-0.39, 0.29) is 6.42 Å². The van der Waals surface area contributed by atoms with Crippen molar-refractivity contribution in [2.24, 2.45) is 0 Å². The van der Waals surface area contributed by atoms with Crippen molar-refractivity contribution in [1.82, 2.24) is 0 Å². The summed E-state index contributed by atoms with van der Waals surface area (Å²) >= 11 is 0. The largest absolute Gasteiger partial charge is 0.394 e. The molecule has 10 heteroatoms. The van der Waals surface area contributed by atoms with Gasteiger partial charge in [0, 0.05) is 6.42 Å². The zero-order valence-electron chi connectivity index (χ0n) is 11.7. The standard InChI is InChI=1S/C12H22O10/c13-2-6-9(17)5(16)1-8(20-6)22-12(4-15)11(19)10(18)7(3-14)21-12/h5-11,13-19H,1-4H2/t5-,6-,7-,8-,9+,10-,11+,12+/m1/s1. The van der Waals surface area contributed by atoms with Gasteiger partial charge in [-0.25, -0.2) is 0 Å². The highest BCUT2D eigenvalue weighted by molar-refractivity contribution is 4.97. The maximum absolute atomic E-state index is 9.99. The van der Waals surface area contributed by atoms with Crippen LogP contribution in [0.3, 0.4) is 0 Å². The number of ether oxygens (including phenoxy) is 3. The average molecular weight is 326 g/mol. The highest BCUT2D eigenvalue weighted by Crippen LogP contribution is 2.35. The first-order valence-electron chi connectivity index (χ1n) is 6.94. The van der Waals surface area contributed by atoms with Crippen molar-refractivity contribution in [3.8, 4) is 0 Å². The Labute approximate surface area is 126 Å². The predicted octanol–water partition coefficient (Wildman–Crippen LogP) is -4.37. The van der Waals surface area contributed by atoms with Gasteiger partial charge >= 0.3 is 0 Å². The lowest BCUT2D eigenvalue weighted by atomic mass is 10.0. The van der Waals surface area contributed by atoms with Gasteiger partial charge in [-0.1, -0.05) is 0 Å². The molecule has 0 amide bonds. The second-order valence-electron chi connectivity index (χ2n) is 5.44. The van der Waals surface area contributed by atoms with Gasteiger partial charge in [-0.3, -0.25) is 0 Å². The Morgan fingerprint density at radius 1 is 0.955 bits per heavy atom. The Balaban J connectivity index is 2.10. The van der Waals surface area contributed by atoms with Crippen molar-refractivity contribution in [1.29, 1.82) is 0 Å². The Hall–Kier alpha value is -0.400. The SMILES string of the molecule is OC[C@H]1O[C@@](CO)(O[C@@H]2C[C@@H](O)[C@H](O)[C@@H](CO)O2)[C@@H](O)[C@@H]1O. The summed E-state index contributed by atoms with van der Waals surface area (Å²) < 4.78 is 15.8. The molecule has 0 unspecified atom stereocenters. The van der Waals surface area contributed by atoms with Gasteiger partial charge in [0.05, 0.1) is 19.3 Å². The quantitative estimate of drug-likeness (QED) is 0.262. The Bertz CT molecular complexity index is 368. The molecule has 2 aliphatic heterocycles. The molecular weight excluding hydrogens is 304 g/mol. The lowest BCUT2D eigenvalue weighted by Crippen LogP contribution is -2.56. The van der Waals surface area contributed by atoms with Gasteiger partial charge in [-0.05, 0) is 0 Å². The summed E-state index contributed by atoms with van der Waals surface area (Å²) in [4.78, 5) is 0. The molecule has 2 aliphatic rings. The first-order valence-corrected chi connectivity index (χ1v) is 6.94. The number of aliphatic hydroxyl groups excluding tert-OH is 7. The fourth-order valence-corrected chi connectivity index (χ4v) is 2.63. The van der Waals surface area contributed by atoms with Crippen molar-refractivity contribution in [3.63, 3.8) is 0 Å². The van der Waals surface area contributed by atoms with Gasteiger partial charge in [0.25, 0.3) is 0 Å². The molecular formula is C12H22O10. The van der Waals surface area contributed by atoms with Crippen LogP contribution in [0.2, 0.25) is 0 Å². The summed E-state index contributed by atoms with van der Waals surface area (Å²) in [6.07, 6.45) is -9.36. The van der Waals surface area contributed by atoms with Crippen molar-refractivity contribution >= 4 is 0 Å². The monoisotopic (exact) mass is 326 g/mol. The lowest BCUT2D eigenvalue weighted by Gasteiger charge is -2.40. The van der Waals surface area contributed by atoms with Crippen LogP contribution in [-0.4, -0.2) is 104 Å². The van der Waals surface area contributed by atoms with E-state index in [1.807, 2.05) is 0 Å². The Morgan fingerprint density at radius 2 is 1.59 bits per heavy atom. The maximum Gasteiger partial charge on any atom is 0.223 e. The van der Waals surface area contributed by atoms with Crippen LogP contribution in [0.25, 0.3) is 0 Å². The molecule has 0 aromatic rings. The number of rotatable bonds is 5. The molecule has 2 fully saturated rings. The first-order chi connectivity index (χ1) is 10.4. The fraction of sp³-hybridized carbons (Fsp3) is 1.00. The van der Waals surface area contributed by atoms with Crippen LogP contribution in [-0.2, 0) is 14.2 Å². The maximum atomic E-state index is 9.99. The summed E-state index contributed by atoms with van der Waals surface area (Å²) in [6, 6.07) is 0. The molecule has 0 aromatic heterocycles. The van der Waals surface area contributed by atoms with Gasteiger partial charge in [0.1, 0.15) is 37.1 Å². The molecule has 22 heavy (non-hydrogen) atoms. The van der Waals surface area contributed by atoms with Crippen molar-refractivity contribution in [3.05, 3.63) is 0 Å². The summed E-state index contributed by atoms with van der Waals surface area (Å²) in [7, 11) is 0. The van der Waals surface area contributed by atoms with E-state index in [1.54, 1.807) is 0 Å². The average Bonchev–Trinajstić information content (AvgIpc) is 2.75. The van der Waals surface area contributed by atoms with Crippen molar-refractivity contribution in [2.45, 2.75) is 55.1 Å². The Morgan fingerprint density at radius 3 is 2.09 bits per heavy atom. The van der Waals surface area contributed by atoms with Crippen LogP contribution in [0, 0.1) is 0 Å². The molecule has 2 heterocycles. The van der Waals surface area contributed by atoms with Crippen molar-refractivity contribution < 1.29 is 50.0 Å². The normalized spacial score (nSPS) is 49.5. The van der Waals surface area contributed by atoms with Gasteiger partial charge in [0.15, 0.2) is 6.29 Å². The molecule has 7 N–H and O–H groups in total. The fourth-order valence-electron chi connectivity index (χ4n) is 2.63. The van der Waals surface area contributed by atoms with Gasteiger partial charge < -0.3 is 50.0 Å².